The Morgan fingerprint density at radius 3 is 2.90 bits per heavy atom. The van der Waals surface area contributed by atoms with E-state index in [9.17, 15) is 9.59 Å². The lowest BCUT2D eigenvalue weighted by Gasteiger charge is -2.29. The van der Waals surface area contributed by atoms with E-state index in [2.05, 4.69) is 0 Å². The van der Waals surface area contributed by atoms with Crippen molar-refractivity contribution in [2.75, 3.05) is 20.2 Å². The van der Waals surface area contributed by atoms with Gasteiger partial charge in [-0.25, -0.2) is 0 Å². The summed E-state index contributed by atoms with van der Waals surface area (Å²) < 4.78 is 5.59. The van der Waals surface area contributed by atoms with Gasteiger partial charge in [0.2, 0.25) is 5.91 Å². The standard InChI is InChI=1S/C15H18ClNO4/c1-9(15(19)20)7-17(2)14(18)11-5-10-6-12(16)3-4-13(10)21-8-11/h3-4,6,9,11H,5,7-8H2,1-2H3,(H,19,20)/t9-,11-/m1/s1. The number of carboxylic acid groups (broad SMARTS) is 1. The first-order chi connectivity index (χ1) is 9.88. The Hall–Kier alpha value is -1.75. The monoisotopic (exact) mass is 311 g/mol. The molecule has 0 aliphatic carbocycles. The minimum Gasteiger partial charge on any atom is -0.492 e. The topological polar surface area (TPSA) is 66.8 Å². The summed E-state index contributed by atoms with van der Waals surface area (Å²) in [6, 6.07) is 5.36. The van der Waals surface area contributed by atoms with Crippen LogP contribution in [-0.4, -0.2) is 42.1 Å². The normalized spacial score (nSPS) is 18.3. The van der Waals surface area contributed by atoms with Crippen molar-refractivity contribution in [1.29, 1.82) is 0 Å². The van der Waals surface area contributed by atoms with Crippen LogP contribution in [0, 0.1) is 11.8 Å². The molecule has 1 heterocycles. The second kappa shape index (κ2) is 6.35. The third-order valence-electron chi connectivity index (χ3n) is 3.62. The number of carbonyl (C=O) groups excluding carboxylic acids is 1. The molecule has 0 aromatic heterocycles. The Morgan fingerprint density at radius 1 is 1.52 bits per heavy atom. The molecular formula is C15H18ClNO4. The number of amides is 1. The van der Waals surface area contributed by atoms with Crippen LogP contribution in [-0.2, 0) is 16.0 Å². The molecule has 0 fully saturated rings. The quantitative estimate of drug-likeness (QED) is 0.924. The third kappa shape index (κ3) is 3.67. The van der Waals surface area contributed by atoms with E-state index >= 15 is 0 Å². The van der Waals surface area contributed by atoms with Gasteiger partial charge in [0.25, 0.3) is 0 Å². The highest BCUT2D eigenvalue weighted by atomic mass is 35.5. The van der Waals surface area contributed by atoms with E-state index in [4.69, 9.17) is 21.4 Å². The highest BCUT2D eigenvalue weighted by molar-refractivity contribution is 6.30. The molecule has 0 saturated heterocycles. The van der Waals surface area contributed by atoms with E-state index in [-0.39, 0.29) is 18.4 Å². The Kier molecular flexibility index (Phi) is 4.73. The molecule has 0 radical (unpaired) electrons. The fourth-order valence-corrected chi connectivity index (χ4v) is 2.61. The van der Waals surface area contributed by atoms with Gasteiger partial charge in [0.1, 0.15) is 12.4 Å². The summed E-state index contributed by atoms with van der Waals surface area (Å²) in [7, 11) is 1.62. The summed E-state index contributed by atoms with van der Waals surface area (Å²) in [5.41, 5.74) is 0.909. The predicted molar refractivity (Wildman–Crippen MR) is 78.6 cm³/mol. The Labute approximate surface area is 128 Å². The molecule has 5 nitrogen and oxygen atoms in total. The maximum atomic E-state index is 12.4. The maximum Gasteiger partial charge on any atom is 0.308 e. The first-order valence-electron chi connectivity index (χ1n) is 6.77. The van der Waals surface area contributed by atoms with Crippen molar-refractivity contribution in [2.24, 2.45) is 11.8 Å². The van der Waals surface area contributed by atoms with Crippen LogP contribution >= 0.6 is 11.6 Å². The highest BCUT2D eigenvalue weighted by Crippen LogP contribution is 2.30. The molecule has 6 heteroatoms. The van der Waals surface area contributed by atoms with Gasteiger partial charge in [0.15, 0.2) is 0 Å². The number of ether oxygens (including phenoxy) is 1. The van der Waals surface area contributed by atoms with E-state index in [1.54, 1.807) is 32.2 Å². The number of fused-ring (bicyclic) bond motifs is 1. The summed E-state index contributed by atoms with van der Waals surface area (Å²) in [6.07, 6.45) is 0.556. The summed E-state index contributed by atoms with van der Waals surface area (Å²) in [6.45, 7) is 2.07. The Balaban J connectivity index is 2.03. The van der Waals surface area contributed by atoms with Gasteiger partial charge in [-0.3, -0.25) is 9.59 Å². The first kappa shape index (κ1) is 15.6. The SMILES string of the molecule is C[C@H](CN(C)C(=O)[C@H]1COc2ccc(Cl)cc2C1)C(=O)O. The molecule has 1 N–H and O–H groups in total. The lowest BCUT2D eigenvalue weighted by molar-refractivity contribution is -0.143. The van der Waals surface area contributed by atoms with Crippen LogP contribution in [0.3, 0.4) is 0 Å². The van der Waals surface area contributed by atoms with Crippen molar-refractivity contribution in [1.82, 2.24) is 4.90 Å². The number of rotatable bonds is 4. The van der Waals surface area contributed by atoms with Crippen molar-refractivity contribution in [3.05, 3.63) is 28.8 Å². The van der Waals surface area contributed by atoms with Gasteiger partial charge >= 0.3 is 5.97 Å². The minimum absolute atomic E-state index is 0.103. The van der Waals surface area contributed by atoms with Crippen LogP contribution < -0.4 is 4.74 Å². The number of hydrogen-bond acceptors (Lipinski definition) is 3. The lowest BCUT2D eigenvalue weighted by Crippen LogP contribution is -2.41. The second-order valence-electron chi connectivity index (χ2n) is 5.42. The summed E-state index contributed by atoms with van der Waals surface area (Å²) in [5.74, 6) is -1.16. The molecule has 1 aromatic rings. The largest absolute Gasteiger partial charge is 0.492 e. The van der Waals surface area contributed by atoms with E-state index in [1.165, 1.54) is 4.90 Å². The molecule has 1 aromatic carbocycles. The molecule has 0 unspecified atom stereocenters. The van der Waals surface area contributed by atoms with Gasteiger partial charge in [0, 0.05) is 18.6 Å². The molecule has 1 aliphatic heterocycles. The summed E-state index contributed by atoms with van der Waals surface area (Å²) in [4.78, 5) is 24.7. The summed E-state index contributed by atoms with van der Waals surface area (Å²) >= 11 is 5.95. The minimum atomic E-state index is -0.910. The van der Waals surface area contributed by atoms with Crippen LogP contribution in [0.4, 0.5) is 0 Å². The highest BCUT2D eigenvalue weighted by Gasteiger charge is 2.29. The van der Waals surface area contributed by atoms with Crippen LogP contribution in [0.15, 0.2) is 18.2 Å². The molecule has 0 bridgehead atoms. The second-order valence-corrected chi connectivity index (χ2v) is 5.86. The van der Waals surface area contributed by atoms with Gasteiger partial charge in [-0.1, -0.05) is 18.5 Å². The molecule has 1 aliphatic rings. The molecule has 1 amide bonds. The summed E-state index contributed by atoms with van der Waals surface area (Å²) in [5, 5.41) is 9.52. The molecule has 2 rings (SSSR count). The molecule has 21 heavy (non-hydrogen) atoms. The Morgan fingerprint density at radius 2 is 2.24 bits per heavy atom. The number of hydrogen-bond donors (Lipinski definition) is 1. The van der Waals surface area contributed by atoms with Crippen molar-refractivity contribution >= 4 is 23.5 Å². The van der Waals surface area contributed by atoms with Gasteiger partial charge in [-0.2, -0.15) is 0 Å². The molecule has 0 spiro atoms. The van der Waals surface area contributed by atoms with Crippen LogP contribution in [0.5, 0.6) is 5.75 Å². The molecule has 2 atom stereocenters. The van der Waals surface area contributed by atoms with Gasteiger partial charge in [0.05, 0.1) is 11.8 Å². The van der Waals surface area contributed by atoms with E-state index < -0.39 is 11.9 Å². The number of nitrogens with zero attached hydrogens (tertiary/aromatic N) is 1. The van der Waals surface area contributed by atoms with Gasteiger partial charge in [-0.15, -0.1) is 0 Å². The van der Waals surface area contributed by atoms with Gasteiger partial charge < -0.3 is 14.7 Å². The van der Waals surface area contributed by atoms with E-state index in [0.29, 0.717) is 18.1 Å². The lowest BCUT2D eigenvalue weighted by atomic mass is 9.95. The van der Waals surface area contributed by atoms with Gasteiger partial charge in [-0.05, 0) is 30.2 Å². The molecule has 0 saturated carbocycles. The van der Waals surface area contributed by atoms with Crippen molar-refractivity contribution in [3.8, 4) is 5.75 Å². The van der Waals surface area contributed by atoms with Crippen molar-refractivity contribution < 1.29 is 19.4 Å². The number of carboxylic acids is 1. The zero-order valence-corrected chi connectivity index (χ0v) is 12.8. The zero-order chi connectivity index (χ0) is 15.6. The van der Waals surface area contributed by atoms with Crippen molar-refractivity contribution in [3.63, 3.8) is 0 Å². The predicted octanol–water partition coefficient (Wildman–Crippen LogP) is 2.07. The first-order valence-corrected chi connectivity index (χ1v) is 7.15. The fraction of sp³-hybridized carbons (Fsp3) is 0.467. The molecule has 114 valence electrons. The Bertz CT molecular complexity index is 561. The average molecular weight is 312 g/mol. The van der Waals surface area contributed by atoms with E-state index in [1.807, 2.05) is 0 Å². The fourth-order valence-electron chi connectivity index (χ4n) is 2.41. The third-order valence-corrected chi connectivity index (χ3v) is 3.86. The number of halogens is 1. The number of carbonyl (C=O) groups is 2. The smallest absolute Gasteiger partial charge is 0.308 e. The average Bonchev–Trinajstić information content (AvgIpc) is 2.45. The zero-order valence-electron chi connectivity index (χ0n) is 12.0. The number of aliphatic carboxylic acids is 1. The van der Waals surface area contributed by atoms with Crippen LogP contribution in [0.2, 0.25) is 5.02 Å². The van der Waals surface area contributed by atoms with Crippen LogP contribution in [0.1, 0.15) is 12.5 Å². The van der Waals surface area contributed by atoms with Crippen molar-refractivity contribution in [2.45, 2.75) is 13.3 Å². The van der Waals surface area contributed by atoms with E-state index in [0.717, 1.165) is 11.3 Å². The maximum absolute atomic E-state index is 12.4. The molecular weight excluding hydrogens is 294 g/mol. The van der Waals surface area contributed by atoms with Crippen LogP contribution in [0.25, 0.3) is 0 Å². The number of benzene rings is 1.